The quantitative estimate of drug-likeness (QED) is 0.759. The third kappa shape index (κ3) is 4.20. The first kappa shape index (κ1) is 14.2. The molecule has 100 valence electrons. The predicted molar refractivity (Wildman–Crippen MR) is 65.8 cm³/mol. The average molecular weight is 253 g/mol. The Morgan fingerprint density at radius 3 is 2.72 bits per heavy atom. The molecule has 0 saturated carbocycles. The highest BCUT2D eigenvalue weighted by atomic mass is 16.5. The van der Waals surface area contributed by atoms with Gasteiger partial charge in [0.2, 0.25) is 5.91 Å². The standard InChI is InChI=1S/C12H19N3O3/c1-4-18-12(17)8-15(9(2)3)11(16)7-10-5-6-13-14-10/h5-6,9H,4,7-8H2,1-3H3,(H,13,14). The third-order valence-corrected chi connectivity index (χ3v) is 2.45. The minimum atomic E-state index is -0.385. The van der Waals surface area contributed by atoms with E-state index in [1.165, 1.54) is 4.90 Å². The number of hydrogen-bond donors (Lipinski definition) is 1. The topological polar surface area (TPSA) is 75.3 Å². The SMILES string of the molecule is CCOC(=O)CN(C(=O)Cc1ccn[nH]1)C(C)C. The lowest BCUT2D eigenvalue weighted by molar-refractivity contribution is -0.149. The molecule has 6 heteroatoms. The molecule has 1 rings (SSSR count). The van der Waals surface area contributed by atoms with Crippen molar-refractivity contribution >= 4 is 11.9 Å². The number of carbonyl (C=O) groups excluding carboxylic acids is 2. The van der Waals surface area contributed by atoms with Crippen LogP contribution < -0.4 is 0 Å². The lowest BCUT2D eigenvalue weighted by Gasteiger charge is -2.25. The van der Waals surface area contributed by atoms with Gasteiger partial charge in [0.15, 0.2) is 0 Å². The number of aromatic amines is 1. The van der Waals surface area contributed by atoms with Crippen LogP contribution in [0.2, 0.25) is 0 Å². The summed E-state index contributed by atoms with van der Waals surface area (Å²) >= 11 is 0. The summed E-state index contributed by atoms with van der Waals surface area (Å²) in [5.41, 5.74) is 0.731. The van der Waals surface area contributed by atoms with Gasteiger partial charge in [-0.2, -0.15) is 5.10 Å². The van der Waals surface area contributed by atoms with Gasteiger partial charge in [0, 0.05) is 17.9 Å². The number of H-pyrrole nitrogens is 1. The van der Waals surface area contributed by atoms with Gasteiger partial charge in [-0.25, -0.2) is 0 Å². The summed E-state index contributed by atoms with van der Waals surface area (Å²) in [6.07, 6.45) is 1.80. The maximum Gasteiger partial charge on any atom is 0.325 e. The van der Waals surface area contributed by atoms with Gasteiger partial charge in [-0.3, -0.25) is 14.7 Å². The lowest BCUT2D eigenvalue weighted by atomic mass is 10.2. The van der Waals surface area contributed by atoms with Crippen molar-refractivity contribution in [2.45, 2.75) is 33.2 Å². The zero-order valence-electron chi connectivity index (χ0n) is 11.0. The Morgan fingerprint density at radius 2 is 2.22 bits per heavy atom. The number of hydrogen-bond acceptors (Lipinski definition) is 4. The monoisotopic (exact) mass is 253 g/mol. The second kappa shape index (κ2) is 6.78. The number of esters is 1. The van der Waals surface area contributed by atoms with Crippen LogP contribution in [0.1, 0.15) is 26.5 Å². The molecule has 0 fully saturated rings. The average Bonchev–Trinajstić information content (AvgIpc) is 2.78. The Morgan fingerprint density at radius 1 is 1.50 bits per heavy atom. The molecule has 1 aromatic heterocycles. The minimum Gasteiger partial charge on any atom is -0.465 e. The number of nitrogens with one attached hydrogen (secondary N) is 1. The Hall–Kier alpha value is -1.85. The summed E-state index contributed by atoms with van der Waals surface area (Å²) in [5.74, 6) is -0.508. The van der Waals surface area contributed by atoms with E-state index in [1.807, 2.05) is 13.8 Å². The van der Waals surface area contributed by atoms with Crippen molar-refractivity contribution in [3.63, 3.8) is 0 Å². The first-order valence-electron chi connectivity index (χ1n) is 5.98. The molecule has 1 heterocycles. The molecule has 1 amide bonds. The number of ether oxygens (including phenoxy) is 1. The van der Waals surface area contributed by atoms with Crippen LogP contribution in [0.25, 0.3) is 0 Å². The first-order chi connectivity index (χ1) is 8.54. The molecule has 1 N–H and O–H groups in total. The van der Waals surface area contributed by atoms with E-state index < -0.39 is 0 Å². The van der Waals surface area contributed by atoms with Crippen LogP contribution >= 0.6 is 0 Å². The van der Waals surface area contributed by atoms with E-state index in [2.05, 4.69) is 10.2 Å². The van der Waals surface area contributed by atoms with E-state index in [1.54, 1.807) is 19.2 Å². The van der Waals surface area contributed by atoms with Gasteiger partial charge >= 0.3 is 5.97 Å². The Balaban J connectivity index is 2.61. The van der Waals surface area contributed by atoms with Crippen LogP contribution in [-0.4, -0.2) is 46.2 Å². The summed E-state index contributed by atoms with van der Waals surface area (Å²) < 4.78 is 4.85. The first-order valence-corrected chi connectivity index (χ1v) is 5.98. The van der Waals surface area contributed by atoms with E-state index in [0.717, 1.165) is 5.69 Å². The van der Waals surface area contributed by atoms with Crippen LogP contribution in [0, 0.1) is 0 Å². The fourth-order valence-electron chi connectivity index (χ4n) is 1.55. The lowest BCUT2D eigenvalue weighted by Crippen LogP contribution is -2.42. The number of nitrogens with zero attached hydrogens (tertiary/aromatic N) is 2. The van der Waals surface area contributed by atoms with Crippen molar-refractivity contribution in [3.05, 3.63) is 18.0 Å². The summed E-state index contributed by atoms with van der Waals surface area (Å²) in [4.78, 5) is 25.0. The Bertz CT molecular complexity index is 387. The van der Waals surface area contributed by atoms with Crippen molar-refractivity contribution in [2.24, 2.45) is 0 Å². The molecule has 0 unspecified atom stereocenters. The maximum absolute atomic E-state index is 12.1. The van der Waals surface area contributed by atoms with Gasteiger partial charge in [0.25, 0.3) is 0 Å². The smallest absolute Gasteiger partial charge is 0.325 e. The zero-order chi connectivity index (χ0) is 13.5. The molecule has 0 spiro atoms. The van der Waals surface area contributed by atoms with Gasteiger partial charge in [-0.15, -0.1) is 0 Å². The van der Waals surface area contributed by atoms with E-state index >= 15 is 0 Å². The molecule has 0 aliphatic rings. The highest BCUT2D eigenvalue weighted by Gasteiger charge is 2.21. The molecule has 6 nitrogen and oxygen atoms in total. The second-order valence-corrected chi connectivity index (χ2v) is 4.18. The molecule has 0 aromatic carbocycles. The van der Waals surface area contributed by atoms with Crippen LogP contribution in [0.15, 0.2) is 12.3 Å². The molecule has 1 aromatic rings. The van der Waals surface area contributed by atoms with E-state index in [-0.39, 0.29) is 30.9 Å². The normalized spacial score (nSPS) is 10.4. The fourth-order valence-corrected chi connectivity index (χ4v) is 1.55. The zero-order valence-corrected chi connectivity index (χ0v) is 11.0. The molecule has 18 heavy (non-hydrogen) atoms. The number of carbonyl (C=O) groups is 2. The van der Waals surface area contributed by atoms with Crippen molar-refractivity contribution in [1.82, 2.24) is 15.1 Å². The Kier molecular flexibility index (Phi) is 5.35. The van der Waals surface area contributed by atoms with Crippen LogP contribution in [0.5, 0.6) is 0 Å². The van der Waals surface area contributed by atoms with Gasteiger partial charge in [-0.05, 0) is 26.8 Å². The Labute approximate surface area is 106 Å². The van der Waals surface area contributed by atoms with Gasteiger partial charge in [0.05, 0.1) is 13.0 Å². The molecule has 0 radical (unpaired) electrons. The maximum atomic E-state index is 12.1. The highest BCUT2D eigenvalue weighted by molar-refractivity contribution is 5.83. The van der Waals surface area contributed by atoms with Crippen molar-refractivity contribution in [3.8, 4) is 0 Å². The third-order valence-electron chi connectivity index (χ3n) is 2.45. The molecule has 0 aliphatic carbocycles. The van der Waals surface area contributed by atoms with Gasteiger partial charge in [-0.1, -0.05) is 0 Å². The number of amides is 1. The van der Waals surface area contributed by atoms with Crippen molar-refractivity contribution in [1.29, 1.82) is 0 Å². The fraction of sp³-hybridized carbons (Fsp3) is 0.583. The molecule has 0 atom stereocenters. The van der Waals surface area contributed by atoms with Crippen LogP contribution in [0.3, 0.4) is 0 Å². The van der Waals surface area contributed by atoms with Crippen LogP contribution in [0.4, 0.5) is 0 Å². The summed E-state index contributed by atoms with van der Waals surface area (Å²) in [6, 6.07) is 1.69. The van der Waals surface area contributed by atoms with Crippen LogP contribution in [-0.2, 0) is 20.7 Å². The van der Waals surface area contributed by atoms with Crippen molar-refractivity contribution < 1.29 is 14.3 Å². The molecule has 0 bridgehead atoms. The largest absolute Gasteiger partial charge is 0.465 e. The molecular weight excluding hydrogens is 234 g/mol. The predicted octanol–water partition coefficient (Wildman–Crippen LogP) is 0.752. The summed E-state index contributed by atoms with van der Waals surface area (Å²) in [7, 11) is 0. The van der Waals surface area contributed by atoms with Gasteiger partial charge < -0.3 is 9.64 Å². The van der Waals surface area contributed by atoms with Gasteiger partial charge in [0.1, 0.15) is 6.54 Å². The van der Waals surface area contributed by atoms with E-state index in [9.17, 15) is 9.59 Å². The molecular formula is C12H19N3O3. The van der Waals surface area contributed by atoms with E-state index in [0.29, 0.717) is 6.61 Å². The minimum absolute atomic E-state index is 0.0154. The summed E-state index contributed by atoms with van der Waals surface area (Å²) in [6.45, 7) is 5.77. The summed E-state index contributed by atoms with van der Waals surface area (Å²) in [5, 5.41) is 6.51. The van der Waals surface area contributed by atoms with Crippen molar-refractivity contribution in [2.75, 3.05) is 13.2 Å². The number of rotatable bonds is 6. The second-order valence-electron chi connectivity index (χ2n) is 4.18. The highest BCUT2D eigenvalue weighted by Crippen LogP contribution is 2.04. The molecule has 0 aliphatic heterocycles. The van der Waals surface area contributed by atoms with E-state index in [4.69, 9.17) is 4.74 Å². The molecule has 0 saturated heterocycles. The number of aromatic nitrogens is 2.